The van der Waals surface area contributed by atoms with Crippen molar-refractivity contribution in [2.24, 2.45) is 5.92 Å². The molecule has 0 amide bonds. The van der Waals surface area contributed by atoms with E-state index in [1.54, 1.807) is 4.68 Å². The number of nitrogens with two attached hydrogens (primary N) is 1. The Kier molecular flexibility index (Phi) is 3.74. The second kappa shape index (κ2) is 4.59. The molecule has 0 radical (unpaired) electrons. The summed E-state index contributed by atoms with van der Waals surface area (Å²) >= 11 is 0. The molecule has 0 unspecified atom stereocenters. The molecular formula is C13H25N3O. The molecule has 4 heteroatoms. The van der Waals surface area contributed by atoms with Gasteiger partial charge in [-0.3, -0.25) is 9.48 Å². The van der Waals surface area contributed by atoms with Crippen LogP contribution < -0.4 is 11.3 Å². The third-order valence-electron chi connectivity index (χ3n) is 2.82. The summed E-state index contributed by atoms with van der Waals surface area (Å²) in [4.78, 5) is 12.2. The summed E-state index contributed by atoms with van der Waals surface area (Å²) in [7, 11) is 0. The van der Waals surface area contributed by atoms with E-state index in [1.165, 1.54) is 0 Å². The topological polar surface area (TPSA) is 52.9 Å². The number of nitrogen functional groups attached to an aromatic ring is 1. The van der Waals surface area contributed by atoms with Crippen LogP contribution in [0.1, 0.15) is 47.2 Å². The van der Waals surface area contributed by atoms with Gasteiger partial charge in [0.05, 0.1) is 11.2 Å². The molecule has 0 fully saturated rings. The van der Waals surface area contributed by atoms with E-state index in [9.17, 15) is 4.79 Å². The fourth-order valence-corrected chi connectivity index (χ4v) is 2.21. The molecule has 17 heavy (non-hydrogen) atoms. The Morgan fingerprint density at radius 1 is 1.29 bits per heavy atom. The van der Waals surface area contributed by atoms with Gasteiger partial charge in [0.2, 0.25) is 0 Å². The monoisotopic (exact) mass is 239 g/mol. The summed E-state index contributed by atoms with van der Waals surface area (Å²) in [5, 5.41) is 0. The third-order valence-corrected chi connectivity index (χ3v) is 2.82. The van der Waals surface area contributed by atoms with Crippen molar-refractivity contribution in [3.8, 4) is 0 Å². The normalized spacial score (nSPS) is 12.4. The lowest BCUT2D eigenvalue weighted by atomic mass is 10.1. The molecule has 0 atom stereocenters. The second-order valence-electron chi connectivity index (χ2n) is 5.96. The summed E-state index contributed by atoms with van der Waals surface area (Å²) in [5.74, 6) is 0.491. The largest absolute Gasteiger partial charge is 0.393 e. The molecule has 1 rings (SSSR count). The number of aromatic nitrogens is 2. The molecule has 0 aliphatic rings. The molecule has 2 N–H and O–H groups in total. The molecular weight excluding hydrogens is 214 g/mol. The highest BCUT2D eigenvalue weighted by molar-refractivity contribution is 5.42. The Morgan fingerprint density at radius 2 is 1.82 bits per heavy atom. The molecule has 0 aliphatic heterocycles. The number of hydrogen-bond acceptors (Lipinski definition) is 2. The molecule has 0 aromatic carbocycles. The van der Waals surface area contributed by atoms with Gasteiger partial charge in [-0.25, -0.2) is 4.68 Å². The van der Waals surface area contributed by atoms with E-state index in [0.29, 0.717) is 11.6 Å². The van der Waals surface area contributed by atoms with Crippen LogP contribution in [0.25, 0.3) is 0 Å². The maximum absolute atomic E-state index is 12.2. The molecule has 0 spiro atoms. The average molecular weight is 239 g/mol. The van der Waals surface area contributed by atoms with E-state index in [2.05, 4.69) is 13.8 Å². The first-order valence-electron chi connectivity index (χ1n) is 6.30. The summed E-state index contributed by atoms with van der Waals surface area (Å²) < 4.78 is 3.80. The molecule has 0 bridgehead atoms. The fourth-order valence-electron chi connectivity index (χ4n) is 2.21. The second-order valence-corrected chi connectivity index (χ2v) is 5.96. The van der Waals surface area contributed by atoms with Gasteiger partial charge in [-0.1, -0.05) is 13.8 Å². The average Bonchev–Trinajstić information content (AvgIpc) is 2.40. The van der Waals surface area contributed by atoms with Crippen LogP contribution in [-0.2, 0) is 18.5 Å². The van der Waals surface area contributed by atoms with Crippen molar-refractivity contribution >= 4 is 5.69 Å². The van der Waals surface area contributed by atoms with Crippen molar-refractivity contribution in [2.45, 2.75) is 60.0 Å². The summed E-state index contributed by atoms with van der Waals surface area (Å²) in [6.07, 6.45) is 0.845. The van der Waals surface area contributed by atoms with E-state index in [1.807, 2.05) is 32.4 Å². The van der Waals surface area contributed by atoms with Gasteiger partial charge < -0.3 is 5.73 Å². The Morgan fingerprint density at radius 3 is 2.18 bits per heavy atom. The first-order chi connectivity index (χ1) is 7.70. The van der Waals surface area contributed by atoms with Crippen molar-refractivity contribution in [1.82, 2.24) is 9.36 Å². The van der Waals surface area contributed by atoms with Crippen LogP contribution in [-0.4, -0.2) is 9.36 Å². The maximum atomic E-state index is 12.2. The Bertz CT molecular complexity index is 446. The van der Waals surface area contributed by atoms with Crippen LogP contribution in [0.15, 0.2) is 4.79 Å². The van der Waals surface area contributed by atoms with E-state index in [4.69, 9.17) is 5.73 Å². The summed E-state index contributed by atoms with van der Waals surface area (Å²) in [6.45, 7) is 13.2. The smallest absolute Gasteiger partial charge is 0.290 e. The lowest BCUT2D eigenvalue weighted by Gasteiger charge is -2.25. The standard InChI is InChI=1S/C13H25N3O/c1-7-15-10(8-9(2)3)11(14)12(17)16(15)13(4,5)6/h9H,7-8,14H2,1-6H3. The van der Waals surface area contributed by atoms with E-state index >= 15 is 0 Å². The van der Waals surface area contributed by atoms with Gasteiger partial charge in [0.15, 0.2) is 0 Å². The Hall–Kier alpha value is -1.19. The van der Waals surface area contributed by atoms with Gasteiger partial charge in [-0.15, -0.1) is 0 Å². The van der Waals surface area contributed by atoms with Crippen LogP contribution in [0.5, 0.6) is 0 Å². The molecule has 0 aliphatic carbocycles. The van der Waals surface area contributed by atoms with Gasteiger partial charge in [0, 0.05) is 6.54 Å². The maximum Gasteiger partial charge on any atom is 0.290 e. The number of hydrogen-bond donors (Lipinski definition) is 1. The van der Waals surface area contributed by atoms with Crippen LogP contribution in [0.3, 0.4) is 0 Å². The highest BCUT2D eigenvalue weighted by atomic mass is 16.1. The van der Waals surface area contributed by atoms with Gasteiger partial charge in [0.25, 0.3) is 5.56 Å². The van der Waals surface area contributed by atoms with Crippen LogP contribution in [0, 0.1) is 5.92 Å². The van der Waals surface area contributed by atoms with E-state index < -0.39 is 0 Å². The van der Waals surface area contributed by atoms with Crippen molar-refractivity contribution < 1.29 is 0 Å². The molecule has 98 valence electrons. The molecule has 1 aromatic heterocycles. The minimum Gasteiger partial charge on any atom is -0.393 e. The first-order valence-corrected chi connectivity index (χ1v) is 6.30. The van der Waals surface area contributed by atoms with Crippen molar-refractivity contribution in [3.05, 3.63) is 16.0 Å². The minimum atomic E-state index is -0.240. The SMILES string of the molecule is CCn1c(CC(C)C)c(N)c(=O)n1C(C)(C)C. The number of rotatable bonds is 3. The minimum absolute atomic E-state index is 0.0602. The number of nitrogens with zero attached hydrogens (tertiary/aromatic N) is 2. The molecule has 0 saturated heterocycles. The first kappa shape index (κ1) is 13.9. The Balaban J connectivity index is 3.48. The summed E-state index contributed by atoms with van der Waals surface area (Å²) in [6, 6.07) is 0. The molecule has 1 heterocycles. The van der Waals surface area contributed by atoms with Crippen molar-refractivity contribution in [2.75, 3.05) is 5.73 Å². The van der Waals surface area contributed by atoms with E-state index in [-0.39, 0.29) is 11.1 Å². The van der Waals surface area contributed by atoms with Gasteiger partial charge in [0.1, 0.15) is 5.69 Å². The zero-order valence-corrected chi connectivity index (χ0v) is 11.9. The highest BCUT2D eigenvalue weighted by Crippen LogP contribution is 2.19. The van der Waals surface area contributed by atoms with Crippen LogP contribution in [0.4, 0.5) is 5.69 Å². The molecule has 4 nitrogen and oxygen atoms in total. The highest BCUT2D eigenvalue weighted by Gasteiger charge is 2.24. The van der Waals surface area contributed by atoms with Crippen LogP contribution >= 0.6 is 0 Å². The molecule has 0 saturated carbocycles. The molecule has 1 aromatic rings. The quantitative estimate of drug-likeness (QED) is 0.879. The summed E-state index contributed by atoms with van der Waals surface area (Å²) in [5.41, 5.74) is 7.06. The van der Waals surface area contributed by atoms with Crippen LogP contribution in [0.2, 0.25) is 0 Å². The van der Waals surface area contributed by atoms with Gasteiger partial charge >= 0.3 is 0 Å². The zero-order valence-electron chi connectivity index (χ0n) is 11.9. The third kappa shape index (κ3) is 2.56. The number of anilines is 1. The van der Waals surface area contributed by atoms with Crippen molar-refractivity contribution in [3.63, 3.8) is 0 Å². The fraction of sp³-hybridized carbons (Fsp3) is 0.769. The zero-order chi connectivity index (χ0) is 13.4. The predicted molar refractivity (Wildman–Crippen MR) is 72.3 cm³/mol. The Labute approximate surface area is 103 Å². The van der Waals surface area contributed by atoms with Gasteiger partial charge in [-0.05, 0) is 40.0 Å². The van der Waals surface area contributed by atoms with Gasteiger partial charge in [-0.2, -0.15) is 0 Å². The van der Waals surface area contributed by atoms with E-state index in [0.717, 1.165) is 18.7 Å². The lowest BCUT2D eigenvalue weighted by molar-refractivity contribution is 0.282. The lowest BCUT2D eigenvalue weighted by Crippen LogP contribution is -2.37. The predicted octanol–water partition coefficient (Wildman–Crippen LogP) is 2.21. The van der Waals surface area contributed by atoms with Crippen molar-refractivity contribution in [1.29, 1.82) is 0 Å².